The minimum Gasteiger partial charge on any atom is -0.456 e. The Bertz CT molecular complexity index is 3020. The number of para-hydroxylation sites is 1. The van der Waals surface area contributed by atoms with Crippen molar-refractivity contribution >= 4 is 55.3 Å². The molecule has 1 aromatic heterocycles. The quantitative estimate of drug-likeness (QED) is 0.170. The number of nitrogens with zero attached hydrogens (tertiary/aromatic N) is 1. The Labute approximate surface area is 326 Å². The van der Waals surface area contributed by atoms with Crippen LogP contribution in [0.5, 0.6) is 0 Å². The van der Waals surface area contributed by atoms with Gasteiger partial charge in [0.2, 0.25) is 0 Å². The van der Waals surface area contributed by atoms with E-state index in [2.05, 4.69) is 205 Å². The van der Waals surface area contributed by atoms with Gasteiger partial charge in [-0.3, -0.25) is 0 Å². The molecule has 2 heteroatoms. The van der Waals surface area contributed by atoms with Crippen molar-refractivity contribution in [2.75, 3.05) is 4.90 Å². The van der Waals surface area contributed by atoms with E-state index < -0.39 is 0 Å². The summed E-state index contributed by atoms with van der Waals surface area (Å²) in [6, 6.07) is 65.8. The highest BCUT2D eigenvalue weighted by molar-refractivity contribution is 6.19. The summed E-state index contributed by atoms with van der Waals surface area (Å²) in [6.45, 7) is 0. The molecule has 0 N–H and O–H groups in total. The van der Waals surface area contributed by atoms with Gasteiger partial charge >= 0.3 is 0 Å². The molecule has 0 saturated heterocycles. The highest BCUT2D eigenvalue weighted by Gasteiger charge is 2.28. The van der Waals surface area contributed by atoms with Gasteiger partial charge in [-0.1, -0.05) is 158 Å². The summed E-state index contributed by atoms with van der Waals surface area (Å²) in [7, 11) is 0. The second-order valence-corrected chi connectivity index (χ2v) is 14.9. The fraction of sp³-hybridized carbons (Fsp3) is 0.0370. The van der Waals surface area contributed by atoms with Gasteiger partial charge in [0.15, 0.2) is 0 Å². The van der Waals surface area contributed by atoms with Gasteiger partial charge in [0.1, 0.15) is 11.2 Å². The average Bonchev–Trinajstić information content (AvgIpc) is 3.66. The number of furan rings is 1. The lowest BCUT2D eigenvalue weighted by molar-refractivity contribution is 0.669. The molecule has 1 heterocycles. The largest absolute Gasteiger partial charge is 0.456 e. The second-order valence-electron chi connectivity index (χ2n) is 14.9. The van der Waals surface area contributed by atoms with Gasteiger partial charge in [0, 0.05) is 39.7 Å². The molecule has 8 aromatic carbocycles. The highest BCUT2D eigenvalue weighted by Crippen LogP contribution is 2.45. The third-order valence-electron chi connectivity index (χ3n) is 11.6. The summed E-state index contributed by atoms with van der Waals surface area (Å²) in [5.41, 5.74) is 15.1. The fourth-order valence-electron chi connectivity index (χ4n) is 8.88. The molecule has 0 amide bonds. The van der Waals surface area contributed by atoms with Crippen LogP contribution in [-0.2, 0) is 0 Å². The van der Waals surface area contributed by atoms with Crippen molar-refractivity contribution in [2.24, 2.45) is 5.92 Å². The molecule has 264 valence electrons. The summed E-state index contributed by atoms with van der Waals surface area (Å²) in [4.78, 5) is 2.37. The van der Waals surface area contributed by atoms with Gasteiger partial charge < -0.3 is 9.32 Å². The summed E-state index contributed by atoms with van der Waals surface area (Å²) < 4.78 is 6.23. The van der Waals surface area contributed by atoms with Gasteiger partial charge in [-0.25, -0.2) is 0 Å². The number of hydrogen-bond donors (Lipinski definition) is 0. The zero-order valence-corrected chi connectivity index (χ0v) is 30.7. The Morgan fingerprint density at radius 1 is 0.429 bits per heavy atom. The van der Waals surface area contributed by atoms with Crippen molar-refractivity contribution in [1.82, 2.24) is 0 Å². The molecule has 11 rings (SSSR count). The highest BCUT2D eigenvalue weighted by atomic mass is 16.3. The summed E-state index contributed by atoms with van der Waals surface area (Å²) in [5.74, 6) is 0.740. The van der Waals surface area contributed by atoms with Crippen molar-refractivity contribution in [3.63, 3.8) is 0 Å². The average molecular weight is 716 g/mol. The van der Waals surface area contributed by atoms with E-state index in [0.717, 1.165) is 33.6 Å². The van der Waals surface area contributed by atoms with Crippen molar-refractivity contribution in [1.29, 1.82) is 0 Å². The van der Waals surface area contributed by atoms with Crippen LogP contribution in [0, 0.1) is 5.92 Å². The molecular weight excluding hydrogens is 679 g/mol. The number of allylic oxidation sites excluding steroid dienone is 5. The first kappa shape index (κ1) is 32.3. The number of fused-ring (bicyclic) bond motifs is 8. The van der Waals surface area contributed by atoms with E-state index in [4.69, 9.17) is 4.42 Å². The summed E-state index contributed by atoms with van der Waals surface area (Å²) in [5, 5.41) is 4.73. The smallest absolute Gasteiger partial charge is 0.136 e. The maximum Gasteiger partial charge on any atom is 0.136 e. The lowest BCUT2D eigenvalue weighted by Crippen LogP contribution is -2.16. The fourth-order valence-corrected chi connectivity index (χ4v) is 8.88. The topological polar surface area (TPSA) is 16.4 Å². The molecule has 2 aliphatic rings. The Morgan fingerprint density at radius 3 is 1.95 bits per heavy atom. The van der Waals surface area contributed by atoms with Crippen LogP contribution >= 0.6 is 0 Å². The van der Waals surface area contributed by atoms with Gasteiger partial charge in [-0.15, -0.1) is 0 Å². The first-order valence-electron chi connectivity index (χ1n) is 19.4. The summed E-state index contributed by atoms with van der Waals surface area (Å²) >= 11 is 0. The first-order valence-corrected chi connectivity index (χ1v) is 19.4. The van der Waals surface area contributed by atoms with Gasteiger partial charge in [0.05, 0.1) is 0 Å². The minimum absolute atomic E-state index is 0.355. The third-order valence-corrected chi connectivity index (χ3v) is 11.6. The Balaban J connectivity index is 0.994. The zero-order chi connectivity index (χ0) is 37.0. The molecule has 2 unspecified atom stereocenters. The van der Waals surface area contributed by atoms with E-state index in [0.29, 0.717) is 11.8 Å². The molecular formula is C54H37NO. The molecule has 2 atom stereocenters. The van der Waals surface area contributed by atoms with E-state index >= 15 is 0 Å². The number of benzene rings is 8. The van der Waals surface area contributed by atoms with E-state index in [-0.39, 0.29) is 0 Å². The monoisotopic (exact) mass is 715 g/mol. The molecule has 0 spiro atoms. The molecule has 0 saturated carbocycles. The Morgan fingerprint density at radius 2 is 1.09 bits per heavy atom. The molecule has 0 aliphatic heterocycles. The predicted octanol–water partition coefficient (Wildman–Crippen LogP) is 14.8. The lowest BCUT2D eigenvalue weighted by Gasteiger charge is -2.31. The van der Waals surface area contributed by atoms with Crippen LogP contribution in [0.4, 0.5) is 17.1 Å². The Hall–Kier alpha value is -7.16. The maximum absolute atomic E-state index is 6.23. The molecule has 0 radical (unpaired) electrons. The standard InChI is InChI=1S/C54H37NO/c1-2-11-36(12-3-1)40-14-10-15-45(33-40)55(44-30-25-38(26-31-44)50-35-42-13-4-5-16-46(42)47-17-6-7-18-48(47)50)43-28-23-37(24-29-43)41-22-21-39-27-32-53-54(51(39)34-41)49-19-8-9-20-52(49)56-53/h1-35,42,46H. The molecule has 0 bridgehead atoms. The van der Waals surface area contributed by atoms with E-state index in [1.54, 1.807) is 0 Å². The summed E-state index contributed by atoms with van der Waals surface area (Å²) in [6.07, 6.45) is 11.5. The molecule has 56 heavy (non-hydrogen) atoms. The van der Waals surface area contributed by atoms with E-state index in [1.807, 2.05) is 12.1 Å². The van der Waals surface area contributed by atoms with Crippen LogP contribution < -0.4 is 4.90 Å². The zero-order valence-electron chi connectivity index (χ0n) is 30.7. The van der Waals surface area contributed by atoms with Gasteiger partial charge in [0.25, 0.3) is 0 Å². The van der Waals surface area contributed by atoms with Crippen molar-refractivity contribution < 1.29 is 4.42 Å². The van der Waals surface area contributed by atoms with Crippen molar-refractivity contribution in [2.45, 2.75) is 5.92 Å². The third kappa shape index (κ3) is 5.49. The molecule has 2 aliphatic carbocycles. The second kappa shape index (κ2) is 13.3. The van der Waals surface area contributed by atoms with Crippen molar-refractivity contribution in [3.8, 4) is 22.3 Å². The molecule has 9 aromatic rings. The Kier molecular flexibility index (Phi) is 7.67. The maximum atomic E-state index is 6.23. The number of rotatable bonds is 6. The van der Waals surface area contributed by atoms with Crippen LogP contribution in [0.15, 0.2) is 217 Å². The van der Waals surface area contributed by atoms with Crippen LogP contribution in [-0.4, -0.2) is 0 Å². The van der Waals surface area contributed by atoms with Gasteiger partial charge in [-0.2, -0.15) is 0 Å². The van der Waals surface area contributed by atoms with E-state index in [9.17, 15) is 0 Å². The first-order chi connectivity index (χ1) is 27.7. The van der Waals surface area contributed by atoms with E-state index in [1.165, 1.54) is 60.7 Å². The predicted molar refractivity (Wildman–Crippen MR) is 235 cm³/mol. The number of anilines is 3. The molecule has 0 fully saturated rings. The normalized spacial score (nSPS) is 15.8. The van der Waals surface area contributed by atoms with Gasteiger partial charge in [-0.05, 0) is 110 Å². The SMILES string of the molecule is C1=CC2C=C(c3ccc(N(c4ccc(-c5ccc6ccc7oc8ccccc8c7c6c5)cc4)c4cccc(-c5ccccc5)c4)cc3)c3ccccc3C2C=C1. The van der Waals surface area contributed by atoms with Crippen LogP contribution in [0.1, 0.15) is 22.6 Å². The van der Waals surface area contributed by atoms with Crippen LogP contribution in [0.25, 0.3) is 60.5 Å². The lowest BCUT2D eigenvalue weighted by atomic mass is 9.73. The number of hydrogen-bond acceptors (Lipinski definition) is 2. The van der Waals surface area contributed by atoms with Crippen LogP contribution in [0.2, 0.25) is 0 Å². The minimum atomic E-state index is 0.355. The molecule has 2 nitrogen and oxygen atoms in total. The van der Waals surface area contributed by atoms with Crippen LogP contribution in [0.3, 0.4) is 0 Å². The van der Waals surface area contributed by atoms with Crippen molar-refractivity contribution in [3.05, 3.63) is 229 Å².